The minimum atomic E-state index is -0.563. The fourth-order valence-corrected chi connectivity index (χ4v) is 3.29. The van der Waals surface area contributed by atoms with Crippen LogP contribution in [0.2, 0.25) is 10.0 Å². The highest BCUT2D eigenvalue weighted by molar-refractivity contribution is 6.34. The molecule has 0 spiro atoms. The van der Waals surface area contributed by atoms with Crippen LogP contribution in [0.5, 0.6) is 0 Å². The van der Waals surface area contributed by atoms with Gasteiger partial charge in [-0.1, -0.05) is 35.3 Å². The lowest BCUT2D eigenvalue weighted by Crippen LogP contribution is -2.28. The van der Waals surface area contributed by atoms with E-state index in [9.17, 15) is 14.4 Å². The fraction of sp³-hybridized carbons (Fsp3) is 0.211. The molecule has 2 amide bonds. The Bertz CT molecular complexity index is 916. The SMILES string of the molecule is COC(=O)c1ccc(Cl)c(NC(=O)C2CC(=O)N(c3ccccc3Cl)C2)c1. The summed E-state index contributed by atoms with van der Waals surface area (Å²) < 4.78 is 4.67. The Morgan fingerprint density at radius 3 is 2.59 bits per heavy atom. The van der Waals surface area contributed by atoms with Crippen molar-refractivity contribution in [2.24, 2.45) is 5.92 Å². The van der Waals surface area contributed by atoms with Gasteiger partial charge in [-0.3, -0.25) is 9.59 Å². The van der Waals surface area contributed by atoms with Crippen molar-refractivity contribution in [3.05, 3.63) is 58.1 Å². The molecular weight excluding hydrogens is 391 g/mol. The molecule has 1 aliphatic rings. The minimum absolute atomic E-state index is 0.0609. The molecule has 6 nitrogen and oxygen atoms in total. The van der Waals surface area contributed by atoms with Crippen LogP contribution in [0, 0.1) is 5.92 Å². The maximum absolute atomic E-state index is 12.6. The molecule has 0 saturated carbocycles. The Morgan fingerprint density at radius 2 is 1.89 bits per heavy atom. The Labute approximate surface area is 166 Å². The number of rotatable bonds is 4. The highest BCUT2D eigenvalue weighted by Gasteiger charge is 2.36. The number of benzene rings is 2. The van der Waals surface area contributed by atoms with Crippen LogP contribution in [0.3, 0.4) is 0 Å². The second kappa shape index (κ2) is 7.98. The van der Waals surface area contributed by atoms with Crippen molar-refractivity contribution in [1.29, 1.82) is 0 Å². The molecule has 1 atom stereocenters. The molecule has 2 aromatic rings. The van der Waals surface area contributed by atoms with E-state index in [-0.39, 0.29) is 41.1 Å². The van der Waals surface area contributed by atoms with E-state index in [0.717, 1.165) is 0 Å². The second-order valence-corrected chi connectivity index (χ2v) is 6.85. The zero-order valence-electron chi connectivity index (χ0n) is 14.4. The number of halogens is 2. The van der Waals surface area contributed by atoms with E-state index < -0.39 is 11.9 Å². The second-order valence-electron chi connectivity index (χ2n) is 6.03. The molecule has 1 N–H and O–H groups in total. The molecule has 0 aliphatic carbocycles. The normalized spacial score (nSPS) is 16.3. The zero-order chi connectivity index (χ0) is 19.6. The summed E-state index contributed by atoms with van der Waals surface area (Å²) in [5, 5.41) is 3.41. The molecule has 0 bridgehead atoms. The van der Waals surface area contributed by atoms with Gasteiger partial charge in [0.15, 0.2) is 0 Å². The van der Waals surface area contributed by atoms with Crippen LogP contribution in [0.15, 0.2) is 42.5 Å². The number of para-hydroxylation sites is 1. The van der Waals surface area contributed by atoms with Gasteiger partial charge >= 0.3 is 5.97 Å². The predicted molar refractivity (Wildman–Crippen MR) is 103 cm³/mol. The van der Waals surface area contributed by atoms with Crippen LogP contribution in [0.25, 0.3) is 0 Å². The van der Waals surface area contributed by atoms with Gasteiger partial charge in [0.25, 0.3) is 0 Å². The summed E-state index contributed by atoms with van der Waals surface area (Å²) in [5.74, 6) is -1.64. The molecule has 8 heteroatoms. The van der Waals surface area contributed by atoms with Gasteiger partial charge in [0, 0.05) is 13.0 Å². The van der Waals surface area contributed by atoms with E-state index in [2.05, 4.69) is 10.1 Å². The lowest BCUT2D eigenvalue weighted by Gasteiger charge is -2.18. The van der Waals surface area contributed by atoms with Gasteiger partial charge in [-0.25, -0.2) is 4.79 Å². The smallest absolute Gasteiger partial charge is 0.337 e. The summed E-state index contributed by atoms with van der Waals surface area (Å²) >= 11 is 12.3. The molecule has 1 fully saturated rings. The fourth-order valence-electron chi connectivity index (χ4n) is 2.89. The summed E-state index contributed by atoms with van der Waals surface area (Å²) in [5.41, 5.74) is 1.12. The number of amides is 2. The molecule has 1 aliphatic heterocycles. The van der Waals surface area contributed by atoms with Gasteiger partial charge in [-0.05, 0) is 30.3 Å². The van der Waals surface area contributed by atoms with Crippen LogP contribution in [0.4, 0.5) is 11.4 Å². The van der Waals surface area contributed by atoms with Crippen LogP contribution in [-0.4, -0.2) is 31.4 Å². The Kier molecular flexibility index (Phi) is 5.68. The topological polar surface area (TPSA) is 75.7 Å². The van der Waals surface area contributed by atoms with Gasteiger partial charge < -0.3 is 15.0 Å². The number of ether oxygens (including phenoxy) is 1. The number of hydrogen-bond acceptors (Lipinski definition) is 4. The molecule has 0 aromatic heterocycles. The third-order valence-electron chi connectivity index (χ3n) is 4.28. The number of anilines is 2. The number of methoxy groups -OCH3 is 1. The average molecular weight is 407 g/mol. The van der Waals surface area contributed by atoms with E-state index >= 15 is 0 Å². The van der Waals surface area contributed by atoms with E-state index in [1.165, 1.54) is 30.2 Å². The van der Waals surface area contributed by atoms with E-state index in [0.29, 0.717) is 10.7 Å². The van der Waals surface area contributed by atoms with Crippen LogP contribution in [0.1, 0.15) is 16.8 Å². The summed E-state index contributed by atoms with van der Waals surface area (Å²) in [6.45, 7) is 0.211. The van der Waals surface area contributed by atoms with Gasteiger partial charge in [0.2, 0.25) is 11.8 Å². The first-order chi connectivity index (χ1) is 12.9. The Hall–Kier alpha value is -2.57. The van der Waals surface area contributed by atoms with Crippen molar-refractivity contribution in [1.82, 2.24) is 0 Å². The first kappa shape index (κ1) is 19.2. The van der Waals surface area contributed by atoms with E-state index in [1.54, 1.807) is 24.3 Å². The van der Waals surface area contributed by atoms with E-state index in [4.69, 9.17) is 23.2 Å². The number of esters is 1. The number of hydrogen-bond donors (Lipinski definition) is 1. The van der Waals surface area contributed by atoms with Crippen LogP contribution in [-0.2, 0) is 14.3 Å². The number of carbonyl (C=O) groups excluding carboxylic acids is 3. The molecule has 1 saturated heterocycles. The molecule has 27 heavy (non-hydrogen) atoms. The molecule has 0 radical (unpaired) electrons. The highest BCUT2D eigenvalue weighted by atomic mass is 35.5. The van der Waals surface area contributed by atoms with Gasteiger partial charge in [-0.15, -0.1) is 0 Å². The molecule has 1 heterocycles. The van der Waals surface area contributed by atoms with Gasteiger partial charge in [-0.2, -0.15) is 0 Å². The van der Waals surface area contributed by atoms with Crippen LogP contribution < -0.4 is 10.2 Å². The lowest BCUT2D eigenvalue weighted by molar-refractivity contribution is -0.122. The first-order valence-electron chi connectivity index (χ1n) is 8.14. The minimum Gasteiger partial charge on any atom is -0.465 e. The highest BCUT2D eigenvalue weighted by Crippen LogP contribution is 2.32. The third kappa shape index (κ3) is 4.07. The van der Waals surface area contributed by atoms with Gasteiger partial charge in [0.05, 0.1) is 40.0 Å². The maximum Gasteiger partial charge on any atom is 0.337 e. The largest absolute Gasteiger partial charge is 0.465 e. The Morgan fingerprint density at radius 1 is 1.15 bits per heavy atom. The molecular formula is C19H16Cl2N2O4. The zero-order valence-corrected chi connectivity index (χ0v) is 15.9. The van der Waals surface area contributed by atoms with Crippen LogP contribution >= 0.6 is 23.2 Å². The van der Waals surface area contributed by atoms with Crippen molar-refractivity contribution < 1.29 is 19.1 Å². The van der Waals surface area contributed by atoms with Crippen molar-refractivity contribution in [2.45, 2.75) is 6.42 Å². The number of carbonyl (C=O) groups is 3. The summed E-state index contributed by atoms with van der Waals surface area (Å²) in [4.78, 5) is 38.1. The number of nitrogens with zero attached hydrogens (tertiary/aromatic N) is 1. The molecule has 1 unspecified atom stereocenters. The van der Waals surface area contributed by atoms with Crippen molar-refractivity contribution in [3.8, 4) is 0 Å². The summed E-state index contributed by atoms with van der Waals surface area (Å²) in [6.07, 6.45) is 0.0609. The maximum atomic E-state index is 12.6. The van der Waals surface area contributed by atoms with Crippen molar-refractivity contribution >= 4 is 52.4 Å². The van der Waals surface area contributed by atoms with Crippen molar-refractivity contribution in [3.63, 3.8) is 0 Å². The standard InChI is InChI=1S/C19H16Cl2N2O4/c1-27-19(26)11-6-7-13(20)15(8-11)22-18(25)12-9-17(24)23(10-12)16-5-3-2-4-14(16)21/h2-8,12H,9-10H2,1H3,(H,22,25). The van der Waals surface area contributed by atoms with Crippen molar-refractivity contribution in [2.75, 3.05) is 23.9 Å². The average Bonchev–Trinajstić information content (AvgIpc) is 3.05. The first-order valence-corrected chi connectivity index (χ1v) is 8.90. The predicted octanol–water partition coefficient (Wildman–Crippen LogP) is 3.77. The quantitative estimate of drug-likeness (QED) is 0.783. The summed E-state index contributed by atoms with van der Waals surface area (Å²) in [7, 11) is 1.27. The van der Waals surface area contributed by atoms with Gasteiger partial charge in [0.1, 0.15) is 0 Å². The third-order valence-corrected chi connectivity index (χ3v) is 4.93. The lowest BCUT2D eigenvalue weighted by atomic mass is 10.1. The molecule has 140 valence electrons. The Balaban J connectivity index is 1.75. The van der Waals surface area contributed by atoms with E-state index in [1.807, 2.05) is 0 Å². The molecule has 3 rings (SSSR count). The summed E-state index contributed by atoms with van der Waals surface area (Å²) in [6, 6.07) is 11.4. The number of nitrogens with one attached hydrogen (secondary N) is 1. The molecule has 2 aromatic carbocycles. The monoisotopic (exact) mass is 406 g/mol.